The second kappa shape index (κ2) is 9.68. The quantitative estimate of drug-likeness (QED) is 0.692. The Morgan fingerprint density at radius 1 is 0.929 bits per heavy atom. The molecule has 2 amide bonds. The Hall–Kier alpha value is -3.93. The molecule has 146 valence electrons. The zero-order valence-electron chi connectivity index (χ0n) is 15.6. The van der Waals surface area contributed by atoms with E-state index in [0.717, 1.165) is 0 Å². The molecule has 0 unspecified atom stereocenters. The summed E-state index contributed by atoms with van der Waals surface area (Å²) in [5, 5.41) is 8.74. The highest BCUT2D eigenvalue weighted by Crippen LogP contribution is 2.39. The number of rotatable bonds is 7. The molecule has 2 rings (SSSR count). The number of ether oxygens (including phenoxy) is 4. The van der Waals surface area contributed by atoms with E-state index in [1.807, 2.05) is 6.07 Å². The van der Waals surface area contributed by atoms with Crippen molar-refractivity contribution in [1.29, 1.82) is 5.26 Å². The van der Waals surface area contributed by atoms with Crippen LogP contribution in [0.1, 0.15) is 15.9 Å². The average Bonchev–Trinajstić information content (AvgIpc) is 2.74. The average molecular weight is 385 g/mol. The molecule has 2 N–H and O–H groups in total. The fraction of sp³-hybridized carbons (Fsp3) is 0.211. The van der Waals surface area contributed by atoms with Gasteiger partial charge in [0.15, 0.2) is 18.1 Å². The molecule has 9 nitrogen and oxygen atoms in total. The van der Waals surface area contributed by atoms with Gasteiger partial charge in [0.05, 0.1) is 38.5 Å². The van der Waals surface area contributed by atoms with E-state index >= 15 is 0 Å². The molecule has 0 fully saturated rings. The first-order valence-corrected chi connectivity index (χ1v) is 8.05. The second-order valence-electron chi connectivity index (χ2n) is 5.31. The van der Waals surface area contributed by atoms with Crippen molar-refractivity contribution in [3.8, 4) is 29.1 Å². The standard InChI is InChI=1S/C19H19N3O6/c1-25-15-9-8-14(17(26-2)18(15)27-3)19(24)22-21-16(23)11-28-13-6-4-12(10-20)5-7-13/h4-9H,11H2,1-3H3,(H,21,23)(H,22,24). The summed E-state index contributed by atoms with van der Waals surface area (Å²) in [6.45, 7) is -0.324. The number of nitriles is 1. The van der Waals surface area contributed by atoms with Gasteiger partial charge in [-0.15, -0.1) is 0 Å². The number of hydrazine groups is 1. The Morgan fingerprint density at radius 2 is 1.61 bits per heavy atom. The molecular formula is C19H19N3O6. The van der Waals surface area contributed by atoms with Crippen molar-refractivity contribution in [2.75, 3.05) is 27.9 Å². The van der Waals surface area contributed by atoms with Crippen molar-refractivity contribution in [3.63, 3.8) is 0 Å². The summed E-state index contributed by atoms with van der Waals surface area (Å²) in [7, 11) is 4.27. The normalized spacial score (nSPS) is 9.64. The van der Waals surface area contributed by atoms with Gasteiger partial charge in [-0.25, -0.2) is 0 Å². The first-order chi connectivity index (χ1) is 13.5. The van der Waals surface area contributed by atoms with Gasteiger partial charge in [0, 0.05) is 0 Å². The first kappa shape index (κ1) is 20.4. The number of nitrogens with one attached hydrogen (secondary N) is 2. The molecule has 0 heterocycles. The van der Waals surface area contributed by atoms with Crippen molar-refractivity contribution in [2.24, 2.45) is 0 Å². The van der Waals surface area contributed by atoms with Gasteiger partial charge in [0.1, 0.15) is 5.75 Å². The predicted molar refractivity (Wildman–Crippen MR) is 98.4 cm³/mol. The lowest BCUT2D eigenvalue weighted by Crippen LogP contribution is -2.43. The van der Waals surface area contributed by atoms with E-state index in [1.165, 1.54) is 27.4 Å². The summed E-state index contributed by atoms with van der Waals surface area (Å²) >= 11 is 0. The summed E-state index contributed by atoms with van der Waals surface area (Å²) in [6, 6.07) is 11.3. The van der Waals surface area contributed by atoms with Crippen LogP contribution in [0.4, 0.5) is 0 Å². The molecular weight excluding hydrogens is 366 g/mol. The van der Waals surface area contributed by atoms with Gasteiger partial charge in [-0.3, -0.25) is 20.4 Å². The summed E-state index contributed by atoms with van der Waals surface area (Å²) in [6.07, 6.45) is 0. The second-order valence-corrected chi connectivity index (χ2v) is 5.31. The van der Waals surface area contributed by atoms with E-state index in [4.69, 9.17) is 24.2 Å². The number of methoxy groups -OCH3 is 3. The zero-order chi connectivity index (χ0) is 20.5. The van der Waals surface area contributed by atoms with Crippen LogP contribution in [0.3, 0.4) is 0 Å². The fourth-order valence-electron chi connectivity index (χ4n) is 2.28. The van der Waals surface area contributed by atoms with E-state index in [2.05, 4.69) is 10.9 Å². The molecule has 2 aromatic rings. The summed E-state index contributed by atoms with van der Waals surface area (Å²) in [5.74, 6) is 0.0648. The number of hydrogen-bond acceptors (Lipinski definition) is 7. The zero-order valence-corrected chi connectivity index (χ0v) is 15.6. The molecule has 0 aromatic heterocycles. The van der Waals surface area contributed by atoms with Crippen LogP contribution >= 0.6 is 0 Å². The fourth-order valence-corrected chi connectivity index (χ4v) is 2.28. The van der Waals surface area contributed by atoms with Crippen molar-refractivity contribution >= 4 is 11.8 Å². The minimum Gasteiger partial charge on any atom is -0.493 e. The highest BCUT2D eigenvalue weighted by molar-refractivity contribution is 5.99. The summed E-state index contributed by atoms with van der Waals surface area (Å²) in [4.78, 5) is 24.2. The number of hydrogen-bond donors (Lipinski definition) is 2. The van der Waals surface area contributed by atoms with Crippen molar-refractivity contribution in [2.45, 2.75) is 0 Å². The predicted octanol–water partition coefficient (Wildman–Crippen LogP) is 1.42. The lowest BCUT2D eigenvalue weighted by atomic mass is 10.1. The van der Waals surface area contributed by atoms with Gasteiger partial charge in [-0.2, -0.15) is 5.26 Å². The molecule has 28 heavy (non-hydrogen) atoms. The lowest BCUT2D eigenvalue weighted by Gasteiger charge is -2.15. The molecule has 2 aromatic carbocycles. The van der Waals surface area contributed by atoms with Crippen LogP contribution in [0.25, 0.3) is 0 Å². The van der Waals surface area contributed by atoms with E-state index in [1.54, 1.807) is 30.3 Å². The minimum absolute atomic E-state index is 0.147. The number of nitrogens with zero attached hydrogens (tertiary/aromatic N) is 1. The Balaban J connectivity index is 1.95. The van der Waals surface area contributed by atoms with Gasteiger partial charge in [0.2, 0.25) is 5.75 Å². The maximum absolute atomic E-state index is 12.4. The van der Waals surface area contributed by atoms with E-state index in [0.29, 0.717) is 17.1 Å². The SMILES string of the molecule is COc1ccc(C(=O)NNC(=O)COc2ccc(C#N)cc2)c(OC)c1OC. The molecule has 0 saturated carbocycles. The van der Waals surface area contributed by atoms with Crippen LogP contribution in [0.15, 0.2) is 36.4 Å². The van der Waals surface area contributed by atoms with Crippen LogP contribution in [0.5, 0.6) is 23.0 Å². The van der Waals surface area contributed by atoms with Crippen molar-refractivity contribution in [3.05, 3.63) is 47.5 Å². The molecule has 0 aliphatic carbocycles. The largest absolute Gasteiger partial charge is 0.493 e. The third kappa shape index (κ3) is 4.82. The van der Waals surface area contributed by atoms with Crippen molar-refractivity contribution in [1.82, 2.24) is 10.9 Å². The van der Waals surface area contributed by atoms with E-state index in [-0.39, 0.29) is 23.7 Å². The smallest absolute Gasteiger partial charge is 0.276 e. The van der Waals surface area contributed by atoms with Crippen LogP contribution < -0.4 is 29.8 Å². The van der Waals surface area contributed by atoms with Gasteiger partial charge in [-0.1, -0.05) is 0 Å². The molecule has 0 radical (unpaired) electrons. The van der Waals surface area contributed by atoms with Crippen LogP contribution in [-0.2, 0) is 4.79 Å². The molecule has 0 atom stereocenters. The summed E-state index contributed by atoms with van der Waals surface area (Å²) in [5.41, 5.74) is 5.15. The highest BCUT2D eigenvalue weighted by Gasteiger charge is 2.21. The maximum atomic E-state index is 12.4. The molecule has 0 bridgehead atoms. The first-order valence-electron chi connectivity index (χ1n) is 8.05. The molecule has 0 aliphatic heterocycles. The molecule has 9 heteroatoms. The van der Waals surface area contributed by atoms with Gasteiger partial charge in [0.25, 0.3) is 11.8 Å². The number of carbonyl (C=O) groups is 2. The Morgan fingerprint density at radius 3 is 2.18 bits per heavy atom. The summed E-state index contributed by atoms with van der Waals surface area (Å²) < 4.78 is 20.9. The van der Waals surface area contributed by atoms with E-state index < -0.39 is 11.8 Å². The third-order valence-electron chi connectivity index (χ3n) is 3.62. The molecule has 0 aliphatic rings. The lowest BCUT2D eigenvalue weighted by molar-refractivity contribution is -0.123. The monoisotopic (exact) mass is 385 g/mol. The Kier molecular flexibility index (Phi) is 7.05. The van der Waals surface area contributed by atoms with Crippen LogP contribution in [-0.4, -0.2) is 39.8 Å². The third-order valence-corrected chi connectivity index (χ3v) is 3.62. The number of carbonyl (C=O) groups excluding carboxylic acids is 2. The maximum Gasteiger partial charge on any atom is 0.276 e. The van der Waals surface area contributed by atoms with Crippen molar-refractivity contribution < 1.29 is 28.5 Å². The van der Waals surface area contributed by atoms with Gasteiger partial charge < -0.3 is 18.9 Å². The number of benzene rings is 2. The van der Waals surface area contributed by atoms with Crippen LogP contribution in [0, 0.1) is 11.3 Å². The molecule has 0 saturated heterocycles. The highest BCUT2D eigenvalue weighted by atomic mass is 16.5. The number of amides is 2. The Bertz CT molecular complexity index is 890. The topological polar surface area (TPSA) is 119 Å². The van der Waals surface area contributed by atoms with Gasteiger partial charge in [-0.05, 0) is 36.4 Å². The molecule has 0 spiro atoms. The minimum atomic E-state index is -0.607. The van der Waals surface area contributed by atoms with Crippen LogP contribution in [0.2, 0.25) is 0 Å². The Labute approximate surface area is 161 Å². The van der Waals surface area contributed by atoms with Gasteiger partial charge >= 0.3 is 0 Å². The van der Waals surface area contributed by atoms with E-state index in [9.17, 15) is 9.59 Å².